The number of thiophene rings is 1. The minimum Gasteiger partial charge on any atom is -0.308 e. The van der Waals surface area contributed by atoms with Crippen molar-refractivity contribution in [3.63, 3.8) is 0 Å². The van der Waals surface area contributed by atoms with Crippen LogP contribution in [0.25, 0.3) is 98.3 Å². The van der Waals surface area contributed by atoms with Gasteiger partial charge < -0.3 is 4.57 Å². The summed E-state index contributed by atoms with van der Waals surface area (Å²) in [6.45, 7) is 0. The minimum atomic E-state index is -0.0574. The number of fused-ring (bicyclic) bond motifs is 7. The van der Waals surface area contributed by atoms with E-state index >= 15 is 0 Å². The van der Waals surface area contributed by atoms with Gasteiger partial charge in [-0.05, 0) is 76.2 Å². The van der Waals surface area contributed by atoms with Crippen molar-refractivity contribution < 1.29 is 0 Å². The third kappa shape index (κ3) is 6.25. The van der Waals surface area contributed by atoms with Gasteiger partial charge in [0.1, 0.15) is 5.82 Å². The summed E-state index contributed by atoms with van der Waals surface area (Å²) in [7, 11) is 0. The molecule has 0 fully saturated rings. The summed E-state index contributed by atoms with van der Waals surface area (Å²) in [5.74, 6) is 2.03. The fraction of sp³-hybridized carbons (Fsp3) is 0.0351. The first-order valence-corrected chi connectivity index (χ1v) is 21.9. The van der Waals surface area contributed by atoms with E-state index in [9.17, 15) is 0 Å². The molecule has 3 heterocycles. The van der Waals surface area contributed by atoms with E-state index in [1.54, 1.807) is 0 Å². The number of allylic oxidation sites excluding steroid dienone is 4. The molecule has 0 bridgehead atoms. The molecule has 4 nitrogen and oxygen atoms in total. The lowest BCUT2D eigenvalue weighted by Gasteiger charge is -2.19. The largest absolute Gasteiger partial charge is 0.308 e. The van der Waals surface area contributed by atoms with Crippen LogP contribution in [0.3, 0.4) is 0 Å². The standard InChI is InChI=1S/C57H38N4S/c1-4-16-37(17-5-1)42-30-31-49(50(36-42)38-18-6-2-7-19-38)57-59-55(39-20-8-3-9-21-39)58-56(60-57)43-24-14-22-40(34-43)41-23-15-25-44(35-41)61-51-28-12-10-26-45(51)47-32-33-48-46-27-11-13-29-52(46)62-54(48)53(47)61/h1-23,25-36,43H,24H2. The lowest BCUT2D eigenvalue weighted by molar-refractivity contribution is 0.766. The smallest absolute Gasteiger partial charge is 0.164 e. The highest BCUT2D eigenvalue weighted by atomic mass is 32.1. The number of para-hydroxylation sites is 1. The fourth-order valence-corrected chi connectivity index (χ4v) is 10.4. The van der Waals surface area contributed by atoms with E-state index in [1.165, 1.54) is 47.5 Å². The Kier molecular flexibility index (Phi) is 8.79. The van der Waals surface area contributed by atoms with E-state index in [4.69, 9.17) is 15.0 Å². The molecule has 5 heteroatoms. The van der Waals surface area contributed by atoms with Crippen molar-refractivity contribution >= 4 is 58.9 Å². The minimum absolute atomic E-state index is 0.0574. The van der Waals surface area contributed by atoms with Crippen LogP contribution < -0.4 is 0 Å². The summed E-state index contributed by atoms with van der Waals surface area (Å²) in [5.41, 5.74) is 12.3. The van der Waals surface area contributed by atoms with Gasteiger partial charge in [0, 0.05) is 49.0 Å². The molecule has 3 aromatic heterocycles. The van der Waals surface area contributed by atoms with Gasteiger partial charge in [-0.3, -0.25) is 0 Å². The number of aromatic nitrogens is 4. The van der Waals surface area contributed by atoms with E-state index in [1.807, 2.05) is 29.5 Å². The van der Waals surface area contributed by atoms with Gasteiger partial charge in [-0.15, -0.1) is 11.3 Å². The zero-order valence-corrected chi connectivity index (χ0v) is 34.5. The van der Waals surface area contributed by atoms with Crippen molar-refractivity contribution in [1.82, 2.24) is 19.5 Å². The maximum Gasteiger partial charge on any atom is 0.164 e. The SMILES string of the molecule is C1=CC(c2cccc(-n3c4ccccc4c4ccc5c6ccccc6sc5c43)c2)=CC(c2nc(-c3ccccc3)nc(-c3ccc(-c4ccccc4)cc3-c3ccccc3)n2)C1. The Bertz CT molecular complexity index is 3550. The van der Waals surface area contributed by atoms with E-state index < -0.39 is 0 Å². The van der Waals surface area contributed by atoms with Crippen molar-refractivity contribution in [2.24, 2.45) is 0 Å². The first-order chi connectivity index (χ1) is 30.7. The highest BCUT2D eigenvalue weighted by molar-refractivity contribution is 7.26. The van der Waals surface area contributed by atoms with E-state index in [-0.39, 0.29) is 5.92 Å². The van der Waals surface area contributed by atoms with Crippen molar-refractivity contribution in [2.75, 3.05) is 0 Å². The molecule has 0 radical (unpaired) electrons. The monoisotopic (exact) mass is 810 g/mol. The molecule has 0 spiro atoms. The number of hydrogen-bond donors (Lipinski definition) is 0. The topological polar surface area (TPSA) is 43.6 Å². The second kappa shape index (κ2) is 15.1. The highest BCUT2D eigenvalue weighted by Crippen LogP contribution is 2.44. The first-order valence-electron chi connectivity index (χ1n) is 21.1. The predicted molar refractivity (Wildman–Crippen MR) is 260 cm³/mol. The number of nitrogens with zero attached hydrogens (tertiary/aromatic N) is 4. The quantitative estimate of drug-likeness (QED) is 0.161. The van der Waals surface area contributed by atoms with Crippen molar-refractivity contribution in [3.8, 4) is 50.7 Å². The third-order valence-corrected chi connectivity index (χ3v) is 13.3. The van der Waals surface area contributed by atoms with Gasteiger partial charge >= 0.3 is 0 Å². The summed E-state index contributed by atoms with van der Waals surface area (Å²) in [6.07, 6.45) is 7.65. The van der Waals surface area contributed by atoms with E-state index in [2.05, 4.69) is 199 Å². The molecule has 1 atom stereocenters. The molecule has 1 unspecified atom stereocenters. The molecule has 1 aliphatic carbocycles. The van der Waals surface area contributed by atoms with E-state index in [0.717, 1.165) is 56.9 Å². The van der Waals surface area contributed by atoms with Crippen molar-refractivity contribution in [1.29, 1.82) is 0 Å². The molecule has 11 aromatic rings. The molecule has 0 amide bonds. The fourth-order valence-electron chi connectivity index (χ4n) is 9.18. The van der Waals surface area contributed by atoms with Crippen LogP contribution in [0.1, 0.15) is 23.7 Å². The summed E-state index contributed by atoms with van der Waals surface area (Å²) >= 11 is 1.88. The van der Waals surface area contributed by atoms with Crippen molar-refractivity contribution in [2.45, 2.75) is 12.3 Å². The summed E-state index contributed by atoms with van der Waals surface area (Å²) < 4.78 is 5.09. The zero-order valence-electron chi connectivity index (χ0n) is 33.7. The number of rotatable bonds is 7. The van der Waals surface area contributed by atoms with E-state index in [0.29, 0.717) is 11.6 Å². The first kappa shape index (κ1) is 36.1. The van der Waals surface area contributed by atoms with Crippen LogP contribution in [0.5, 0.6) is 0 Å². The molecular formula is C57H38N4S. The summed E-state index contributed by atoms with van der Waals surface area (Å²) in [5, 5.41) is 5.13. The second-order valence-corrected chi connectivity index (χ2v) is 17.0. The zero-order chi connectivity index (χ0) is 41.0. The Hall–Kier alpha value is -7.73. The van der Waals surface area contributed by atoms with Crippen LogP contribution in [-0.2, 0) is 0 Å². The van der Waals surface area contributed by atoms with Gasteiger partial charge in [0.15, 0.2) is 11.6 Å². The van der Waals surface area contributed by atoms with Gasteiger partial charge in [0.05, 0.1) is 15.7 Å². The molecule has 8 aromatic carbocycles. The molecule has 12 rings (SSSR count). The Morgan fingerprint density at radius 2 is 1.15 bits per heavy atom. The van der Waals surface area contributed by atoms with Crippen molar-refractivity contribution in [3.05, 3.63) is 224 Å². The van der Waals surface area contributed by atoms with Gasteiger partial charge in [-0.2, -0.15) is 0 Å². The Morgan fingerprint density at radius 3 is 1.97 bits per heavy atom. The molecular weight excluding hydrogens is 773 g/mol. The molecule has 0 N–H and O–H groups in total. The van der Waals surface area contributed by atoms with Crippen LogP contribution in [0, 0.1) is 0 Å². The number of benzene rings is 8. The maximum absolute atomic E-state index is 5.34. The molecule has 292 valence electrons. The summed E-state index contributed by atoms with van der Waals surface area (Å²) in [6, 6.07) is 69.1. The van der Waals surface area contributed by atoms with Crippen LogP contribution in [0.2, 0.25) is 0 Å². The lowest BCUT2D eigenvalue weighted by atomic mass is 9.91. The van der Waals surface area contributed by atoms with Crippen LogP contribution in [0.15, 0.2) is 212 Å². The van der Waals surface area contributed by atoms with Crippen LogP contribution >= 0.6 is 11.3 Å². The van der Waals surface area contributed by atoms with Gasteiger partial charge in [0.2, 0.25) is 0 Å². The third-order valence-electron chi connectivity index (χ3n) is 12.2. The second-order valence-electron chi connectivity index (χ2n) is 15.9. The Balaban J connectivity index is 0.990. The average Bonchev–Trinajstić information content (AvgIpc) is 3.91. The molecule has 0 saturated carbocycles. The highest BCUT2D eigenvalue weighted by Gasteiger charge is 2.23. The molecule has 0 aliphatic heterocycles. The van der Waals surface area contributed by atoms with Gasteiger partial charge in [-0.1, -0.05) is 176 Å². The van der Waals surface area contributed by atoms with Crippen LogP contribution in [-0.4, -0.2) is 19.5 Å². The summed E-state index contributed by atoms with van der Waals surface area (Å²) in [4.78, 5) is 15.8. The predicted octanol–water partition coefficient (Wildman–Crippen LogP) is 15.1. The Labute approximate surface area is 363 Å². The maximum atomic E-state index is 5.34. The van der Waals surface area contributed by atoms with Crippen LogP contribution in [0.4, 0.5) is 0 Å². The normalized spacial score (nSPS) is 13.9. The molecule has 1 aliphatic rings. The number of hydrogen-bond acceptors (Lipinski definition) is 4. The van der Waals surface area contributed by atoms with Gasteiger partial charge in [0.25, 0.3) is 0 Å². The van der Waals surface area contributed by atoms with Gasteiger partial charge in [-0.25, -0.2) is 15.0 Å². The molecule has 62 heavy (non-hydrogen) atoms. The Morgan fingerprint density at radius 1 is 0.468 bits per heavy atom. The average molecular weight is 811 g/mol. The lowest BCUT2D eigenvalue weighted by Crippen LogP contribution is -2.09. The molecule has 0 saturated heterocycles.